The Labute approximate surface area is 253 Å². The zero-order valence-corrected chi connectivity index (χ0v) is 24.8. The fourth-order valence-electron chi connectivity index (χ4n) is 3.76. The number of halogens is 2. The topological polar surface area (TPSA) is 123 Å². The van der Waals surface area contributed by atoms with Crippen molar-refractivity contribution in [3.05, 3.63) is 81.4 Å². The molecule has 13 heteroatoms. The molecule has 1 aliphatic heterocycles. The molecule has 3 aromatic carbocycles. The van der Waals surface area contributed by atoms with Gasteiger partial charge in [0.1, 0.15) is 18.1 Å². The van der Waals surface area contributed by atoms with Crippen LogP contribution in [-0.4, -0.2) is 54.7 Å². The van der Waals surface area contributed by atoms with Gasteiger partial charge in [0, 0.05) is 11.4 Å². The molecule has 0 aliphatic carbocycles. The molecule has 218 valence electrons. The second kappa shape index (κ2) is 14.0. The molecule has 3 aromatic rings. The first-order valence-electron chi connectivity index (χ1n) is 12.5. The number of carbonyl (C=O) groups excluding carboxylic acids is 4. The first kappa shape index (κ1) is 30.6. The van der Waals surface area contributed by atoms with Crippen molar-refractivity contribution in [3.8, 4) is 17.2 Å². The number of carbonyl (C=O) groups is 4. The maximum absolute atomic E-state index is 13.1. The number of ether oxygens (including phenoxy) is 3. The molecule has 1 saturated heterocycles. The van der Waals surface area contributed by atoms with Gasteiger partial charge in [-0.15, -0.1) is 0 Å². The molecule has 0 bridgehead atoms. The van der Waals surface area contributed by atoms with E-state index >= 15 is 0 Å². The number of imide groups is 1. The fraction of sp³-hybridized carbons (Fsp3) is 0.172. The summed E-state index contributed by atoms with van der Waals surface area (Å²) in [6.45, 7) is 1.57. The van der Waals surface area contributed by atoms with Crippen LogP contribution in [0.1, 0.15) is 12.5 Å². The Bertz CT molecular complexity index is 1530. The van der Waals surface area contributed by atoms with Gasteiger partial charge in [-0.3, -0.25) is 24.1 Å². The van der Waals surface area contributed by atoms with Gasteiger partial charge in [-0.1, -0.05) is 0 Å². The molecule has 1 fully saturated rings. The summed E-state index contributed by atoms with van der Waals surface area (Å²) in [5.41, 5.74) is 1.42. The molecule has 0 saturated carbocycles. The molecule has 1 heterocycles. The number of amides is 4. The van der Waals surface area contributed by atoms with Crippen LogP contribution < -0.4 is 24.8 Å². The third-order valence-electron chi connectivity index (χ3n) is 5.65. The highest BCUT2D eigenvalue weighted by Crippen LogP contribution is 2.39. The lowest BCUT2D eigenvalue weighted by atomic mass is 10.2. The van der Waals surface area contributed by atoms with Crippen LogP contribution in [0.4, 0.5) is 20.6 Å². The van der Waals surface area contributed by atoms with E-state index in [0.29, 0.717) is 45.5 Å². The molecule has 0 unspecified atom stereocenters. The maximum atomic E-state index is 13.1. The summed E-state index contributed by atoms with van der Waals surface area (Å²) in [6, 6.07) is 15.2. The Morgan fingerprint density at radius 2 is 1.62 bits per heavy atom. The van der Waals surface area contributed by atoms with E-state index in [4.69, 9.17) is 14.2 Å². The Morgan fingerprint density at radius 1 is 0.976 bits per heavy atom. The van der Waals surface area contributed by atoms with E-state index in [2.05, 4.69) is 26.6 Å². The van der Waals surface area contributed by atoms with E-state index in [-0.39, 0.29) is 23.0 Å². The van der Waals surface area contributed by atoms with Gasteiger partial charge in [0.15, 0.2) is 18.1 Å². The summed E-state index contributed by atoms with van der Waals surface area (Å²) in [5.74, 6) is -0.881. The van der Waals surface area contributed by atoms with Crippen LogP contribution in [-0.2, 0) is 14.4 Å². The van der Waals surface area contributed by atoms with Gasteiger partial charge in [-0.25, -0.2) is 4.39 Å². The van der Waals surface area contributed by atoms with Crippen molar-refractivity contribution in [2.45, 2.75) is 6.92 Å². The average molecular weight is 659 g/mol. The zero-order chi connectivity index (χ0) is 30.2. The number of nitrogens with one attached hydrogen (secondary N) is 2. The van der Waals surface area contributed by atoms with Crippen LogP contribution in [0.3, 0.4) is 0 Å². The monoisotopic (exact) mass is 657 g/mol. The fourth-order valence-corrected chi connectivity index (χ4v) is 5.18. The minimum absolute atomic E-state index is 0.121. The Hall–Kier alpha value is -4.36. The number of hydrogen-bond acceptors (Lipinski definition) is 8. The highest BCUT2D eigenvalue weighted by Gasteiger charge is 2.36. The van der Waals surface area contributed by atoms with Gasteiger partial charge in [-0.2, -0.15) is 0 Å². The molecule has 0 spiro atoms. The quantitative estimate of drug-likeness (QED) is 0.252. The summed E-state index contributed by atoms with van der Waals surface area (Å²) < 4.78 is 29.9. The van der Waals surface area contributed by atoms with Gasteiger partial charge in [0.05, 0.1) is 23.1 Å². The van der Waals surface area contributed by atoms with Crippen molar-refractivity contribution in [2.24, 2.45) is 0 Å². The predicted molar refractivity (Wildman–Crippen MR) is 160 cm³/mol. The zero-order valence-electron chi connectivity index (χ0n) is 22.4. The van der Waals surface area contributed by atoms with Crippen LogP contribution >= 0.6 is 27.7 Å². The standard InChI is InChI=1S/C29H25BrFN3O7S/c1-3-40-21-10-8-20(9-11-21)32-25(35)15-34-28(37)24(42-29(34)38)14-17-12-22(30)27(23(13-17)39-2)41-16-26(36)33-19-6-4-18(31)5-7-19/h4-14H,3,15-16H2,1-2H3,(H,32,35)(H,33,36)/b24-14+. The Balaban J connectivity index is 1.39. The average Bonchev–Trinajstić information content (AvgIpc) is 3.21. The lowest BCUT2D eigenvalue weighted by Gasteiger charge is -2.14. The van der Waals surface area contributed by atoms with E-state index in [1.807, 2.05) is 6.92 Å². The second-order valence-corrected chi connectivity index (χ2v) is 10.5. The van der Waals surface area contributed by atoms with Crippen molar-refractivity contribution in [1.82, 2.24) is 4.90 Å². The summed E-state index contributed by atoms with van der Waals surface area (Å²) >= 11 is 4.10. The first-order chi connectivity index (χ1) is 20.2. The number of benzene rings is 3. The predicted octanol–water partition coefficient (Wildman–Crippen LogP) is 5.69. The molecular formula is C29H25BrFN3O7S. The van der Waals surface area contributed by atoms with Gasteiger partial charge >= 0.3 is 0 Å². The molecule has 4 amide bonds. The summed E-state index contributed by atoms with van der Waals surface area (Å²) in [4.78, 5) is 51.3. The molecule has 2 N–H and O–H groups in total. The molecule has 0 radical (unpaired) electrons. The van der Waals surface area contributed by atoms with E-state index in [1.165, 1.54) is 37.5 Å². The maximum Gasteiger partial charge on any atom is 0.294 e. The molecule has 0 aromatic heterocycles. The molecule has 1 aliphatic rings. The van der Waals surface area contributed by atoms with E-state index in [9.17, 15) is 23.6 Å². The van der Waals surface area contributed by atoms with Crippen molar-refractivity contribution in [2.75, 3.05) is 37.5 Å². The molecule has 0 atom stereocenters. The third-order valence-corrected chi connectivity index (χ3v) is 7.15. The number of hydrogen-bond donors (Lipinski definition) is 2. The number of rotatable bonds is 11. The molecule has 10 nitrogen and oxygen atoms in total. The van der Waals surface area contributed by atoms with Crippen molar-refractivity contribution in [1.29, 1.82) is 0 Å². The lowest BCUT2D eigenvalue weighted by Crippen LogP contribution is -2.36. The molecule has 42 heavy (non-hydrogen) atoms. The van der Waals surface area contributed by atoms with Crippen molar-refractivity contribution < 1.29 is 37.8 Å². The number of methoxy groups -OCH3 is 1. The minimum atomic E-state index is -0.611. The number of thioether (sulfide) groups is 1. The molecule has 4 rings (SSSR count). The van der Waals surface area contributed by atoms with Crippen molar-refractivity contribution >= 4 is 68.1 Å². The van der Waals surface area contributed by atoms with Crippen LogP contribution in [0.2, 0.25) is 0 Å². The van der Waals surface area contributed by atoms with Gasteiger partial charge in [-0.05, 0) is 107 Å². The third kappa shape index (κ3) is 7.89. The normalized spacial score (nSPS) is 13.7. The Morgan fingerprint density at radius 3 is 2.26 bits per heavy atom. The van der Waals surface area contributed by atoms with E-state index in [0.717, 1.165) is 4.90 Å². The highest BCUT2D eigenvalue weighted by molar-refractivity contribution is 9.10. The van der Waals surface area contributed by atoms with Crippen LogP contribution in [0.25, 0.3) is 6.08 Å². The van der Waals surface area contributed by atoms with E-state index < -0.39 is 35.3 Å². The number of nitrogens with zero attached hydrogens (tertiary/aromatic N) is 1. The Kier molecular flexibility index (Phi) is 10.2. The highest BCUT2D eigenvalue weighted by atomic mass is 79.9. The number of anilines is 2. The van der Waals surface area contributed by atoms with E-state index in [1.54, 1.807) is 36.4 Å². The minimum Gasteiger partial charge on any atom is -0.494 e. The van der Waals surface area contributed by atoms with Crippen LogP contribution in [0, 0.1) is 5.82 Å². The SMILES string of the molecule is CCOc1ccc(NC(=O)CN2C(=O)S/C(=C/c3cc(Br)c(OCC(=O)Nc4ccc(F)cc4)c(OC)c3)C2=O)cc1. The van der Waals surface area contributed by atoms with Crippen LogP contribution in [0.15, 0.2) is 70.0 Å². The summed E-state index contributed by atoms with van der Waals surface area (Å²) in [6.07, 6.45) is 1.49. The van der Waals surface area contributed by atoms with Gasteiger partial charge in [0.25, 0.3) is 17.1 Å². The largest absolute Gasteiger partial charge is 0.494 e. The van der Waals surface area contributed by atoms with Crippen LogP contribution in [0.5, 0.6) is 17.2 Å². The smallest absolute Gasteiger partial charge is 0.294 e. The van der Waals surface area contributed by atoms with Gasteiger partial charge < -0.3 is 24.8 Å². The summed E-state index contributed by atoms with van der Waals surface area (Å²) in [5, 5.41) is 4.68. The van der Waals surface area contributed by atoms with Crippen molar-refractivity contribution in [3.63, 3.8) is 0 Å². The molecular weight excluding hydrogens is 633 g/mol. The van der Waals surface area contributed by atoms with Gasteiger partial charge in [0.2, 0.25) is 5.91 Å². The summed E-state index contributed by atoms with van der Waals surface area (Å²) in [7, 11) is 1.41. The first-order valence-corrected chi connectivity index (χ1v) is 14.1. The second-order valence-electron chi connectivity index (χ2n) is 8.65. The lowest BCUT2D eigenvalue weighted by molar-refractivity contribution is -0.127.